The number of benzene rings is 1. The Morgan fingerprint density at radius 2 is 2.24 bits per heavy atom. The highest BCUT2D eigenvalue weighted by molar-refractivity contribution is 8.00. The quantitative estimate of drug-likeness (QED) is 0.472. The van der Waals surface area contributed by atoms with Crippen LogP contribution in [-0.4, -0.2) is 18.2 Å². The lowest BCUT2D eigenvalue weighted by molar-refractivity contribution is -0.118. The summed E-state index contributed by atoms with van der Waals surface area (Å²) in [6.45, 7) is 0.730. The monoisotopic (exact) mass is 324 g/mol. The lowest BCUT2D eigenvalue weighted by atomic mass is 9.97. The molecule has 5 heteroatoms. The highest BCUT2D eigenvalue weighted by Crippen LogP contribution is 2.26. The van der Waals surface area contributed by atoms with Crippen LogP contribution in [0.15, 0.2) is 34.7 Å². The number of nitrogens with two attached hydrogens (primary N) is 1. The molecule has 0 fully saturated rings. The lowest BCUT2D eigenvalue weighted by Gasteiger charge is -2.12. The van der Waals surface area contributed by atoms with Gasteiger partial charge in [-0.05, 0) is 50.3 Å². The maximum atomic E-state index is 11.8. The van der Waals surface area contributed by atoms with Crippen molar-refractivity contribution in [2.45, 2.75) is 37.0 Å². The molecule has 2 rings (SSSR count). The highest BCUT2D eigenvalue weighted by atomic mass is 35.5. The summed E-state index contributed by atoms with van der Waals surface area (Å²) in [4.78, 5) is 12.8. The summed E-state index contributed by atoms with van der Waals surface area (Å²) in [7, 11) is 0. The number of carbonyl (C=O) groups excluding carboxylic acids is 1. The third kappa shape index (κ3) is 5.64. The Labute approximate surface area is 135 Å². The second kappa shape index (κ2) is 8.35. The Morgan fingerprint density at radius 3 is 2.95 bits per heavy atom. The Kier molecular flexibility index (Phi) is 6.46. The van der Waals surface area contributed by atoms with Crippen molar-refractivity contribution in [3.05, 3.63) is 34.9 Å². The predicted molar refractivity (Wildman–Crippen MR) is 90.8 cm³/mol. The standard InChI is InChI=1S/C16H21ClN2OS/c17-14-10-13(6-7-15(14)18)21-11-16(20)19-9-8-12-4-2-1-3-5-12/h4,6-7,10H,1-3,5,8-9,11,18H2,(H,19,20). The lowest BCUT2D eigenvalue weighted by Crippen LogP contribution is -2.26. The second-order valence-electron chi connectivity index (χ2n) is 5.18. The third-order valence-corrected chi connectivity index (χ3v) is 4.82. The van der Waals surface area contributed by atoms with E-state index in [9.17, 15) is 4.79 Å². The van der Waals surface area contributed by atoms with Crippen LogP contribution in [0.1, 0.15) is 32.1 Å². The van der Waals surface area contributed by atoms with Crippen molar-refractivity contribution in [2.75, 3.05) is 18.0 Å². The predicted octanol–water partition coefficient (Wildman–Crippen LogP) is 4.02. The van der Waals surface area contributed by atoms with Crippen LogP contribution in [0.2, 0.25) is 5.02 Å². The number of hydrogen-bond donors (Lipinski definition) is 2. The number of anilines is 1. The molecule has 0 bridgehead atoms. The molecule has 3 nitrogen and oxygen atoms in total. The molecule has 0 aliphatic heterocycles. The van der Waals surface area contributed by atoms with E-state index in [-0.39, 0.29) is 5.91 Å². The zero-order valence-corrected chi connectivity index (χ0v) is 13.6. The van der Waals surface area contributed by atoms with Crippen LogP contribution in [0.3, 0.4) is 0 Å². The second-order valence-corrected chi connectivity index (χ2v) is 6.64. The van der Waals surface area contributed by atoms with Crippen LogP contribution >= 0.6 is 23.4 Å². The van der Waals surface area contributed by atoms with Gasteiger partial charge in [0.05, 0.1) is 16.5 Å². The van der Waals surface area contributed by atoms with Crippen molar-refractivity contribution in [3.63, 3.8) is 0 Å². The number of thioether (sulfide) groups is 1. The minimum absolute atomic E-state index is 0.0596. The number of rotatable bonds is 6. The molecule has 1 aromatic rings. The fraction of sp³-hybridized carbons (Fsp3) is 0.438. The van der Waals surface area contributed by atoms with Gasteiger partial charge in [-0.3, -0.25) is 4.79 Å². The zero-order chi connectivity index (χ0) is 15.1. The van der Waals surface area contributed by atoms with E-state index in [0.717, 1.165) is 17.9 Å². The van der Waals surface area contributed by atoms with Crippen LogP contribution in [0.5, 0.6) is 0 Å². The van der Waals surface area contributed by atoms with Gasteiger partial charge < -0.3 is 11.1 Å². The number of amides is 1. The number of allylic oxidation sites excluding steroid dienone is 1. The molecular weight excluding hydrogens is 304 g/mol. The first kappa shape index (κ1) is 16.2. The van der Waals surface area contributed by atoms with E-state index < -0.39 is 0 Å². The summed E-state index contributed by atoms with van der Waals surface area (Å²) in [5.74, 6) is 0.462. The minimum Gasteiger partial charge on any atom is -0.398 e. The molecule has 0 saturated carbocycles. The van der Waals surface area contributed by atoms with Crippen LogP contribution in [-0.2, 0) is 4.79 Å². The molecule has 0 saturated heterocycles. The highest BCUT2D eigenvalue weighted by Gasteiger charge is 2.06. The van der Waals surface area contributed by atoms with Gasteiger partial charge in [0.1, 0.15) is 0 Å². The zero-order valence-electron chi connectivity index (χ0n) is 12.0. The van der Waals surface area contributed by atoms with Gasteiger partial charge >= 0.3 is 0 Å². The fourth-order valence-corrected chi connectivity index (χ4v) is 3.30. The van der Waals surface area contributed by atoms with Crippen molar-refractivity contribution in [1.29, 1.82) is 0 Å². The average molecular weight is 325 g/mol. The first-order chi connectivity index (χ1) is 10.1. The van der Waals surface area contributed by atoms with Crippen molar-refractivity contribution < 1.29 is 4.79 Å². The van der Waals surface area contributed by atoms with Gasteiger partial charge in [0.15, 0.2) is 0 Å². The van der Waals surface area contributed by atoms with Gasteiger partial charge in [-0.2, -0.15) is 0 Å². The maximum absolute atomic E-state index is 11.8. The summed E-state index contributed by atoms with van der Waals surface area (Å²) in [5, 5.41) is 3.50. The van der Waals surface area contributed by atoms with E-state index in [1.54, 1.807) is 12.1 Å². The van der Waals surface area contributed by atoms with Gasteiger partial charge in [-0.25, -0.2) is 0 Å². The van der Waals surface area contributed by atoms with Crippen molar-refractivity contribution in [1.82, 2.24) is 5.32 Å². The van der Waals surface area contributed by atoms with Gasteiger partial charge in [0.25, 0.3) is 0 Å². The van der Waals surface area contributed by atoms with E-state index >= 15 is 0 Å². The van der Waals surface area contributed by atoms with Gasteiger partial charge in [0, 0.05) is 11.4 Å². The Hall–Kier alpha value is -1.13. The van der Waals surface area contributed by atoms with Gasteiger partial charge in [0.2, 0.25) is 5.91 Å². The molecule has 0 atom stereocenters. The van der Waals surface area contributed by atoms with Crippen molar-refractivity contribution in [3.8, 4) is 0 Å². The number of nitrogen functional groups attached to an aromatic ring is 1. The Balaban J connectivity index is 1.67. The summed E-state index contributed by atoms with van der Waals surface area (Å²) in [6.07, 6.45) is 8.26. The summed E-state index contributed by atoms with van der Waals surface area (Å²) < 4.78 is 0. The normalized spacial score (nSPS) is 14.6. The van der Waals surface area contributed by atoms with Crippen molar-refractivity contribution >= 4 is 35.0 Å². The summed E-state index contributed by atoms with van der Waals surface area (Å²) >= 11 is 7.42. The van der Waals surface area contributed by atoms with Crippen molar-refractivity contribution in [2.24, 2.45) is 0 Å². The van der Waals surface area contributed by atoms with E-state index in [1.165, 1.54) is 43.0 Å². The maximum Gasteiger partial charge on any atom is 0.230 e. The van der Waals surface area contributed by atoms with Gasteiger partial charge in [-0.1, -0.05) is 23.3 Å². The Morgan fingerprint density at radius 1 is 1.38 bits per heavy atom. The van der Waals surface area contributed by atoms with E-state index in [1.807, 2.05) is 6.07 Å². The van der Waals surface area contributed by atoms with E-state index in [4.69, 9.17) is 17.3 Å². The number of nitrogens with one attached hydrogen (secondary N) is 1. The first-order valence-corrected chi connectivity index (χ1v) is 8.64. The smallest absolute Gasteiger partial charge is 0.230 e. The largest absolute Gasteiger partial charge is 0.398 e. The molecule has 3 N–H and O–H groups in total. The molecule has 1 aromatic carbocycles. The molecule has 21 heavy (non-hydrogen) atoms. The minimum atomic E-state index is 0.0596. The Bertz CT molecular complexity index is 531. The number of halogens is 1. The molecule has 1 amide bonds. The first-order valence-electron chi connectivity index (χ1n) is 7.27. The van der Waals surface area contributed by atoms with Crippen LogP contribution < -0.4 is 11.1 Å². The summed E-state index contributed by atoms with van der Waals surface area (Å²) in [5.41, 5.74) is 7.70. The fourth-order valence-electron chi connectivity index (χ4n) is 2.29. The van der Waals surface area contributed by atoms with Crippen LogP contribution in [0.4, 0.5) is 5.69 Å². The average Bonchev–Trinajstić information content (AvgIpc) is 2.49. The van der Waals surface area contributed by atoms with E-state index in [0.29, 0.717) is 16.5 Å². The number of hydrogen-bond acceptors (Lipinski definition) is 3. The molecule has 0 spiro atoms. The molecule has 114 valence electrons. The molecule has 0 unspecified atom stereocenters. The third-order valence-electron chi connectivity index (χ3n) is 3.50. The molecule has 1 aliphatic carbocycles. The topological polar surface area (TPSA) is 55.1 Å². The van der Waals surface area contributed by atoms with Gasteiger partial charge in [-0.15, -0.1) is 11.8 Å². The van der Waals surface area contributed by atoms with Crippen LogP contribution in [0.25, 0.3) is 0 Å². The molecule has 0 aromatic heterocycles. The van der Waals surface area contributed by atoms with Crippen LogP contribution in [0, 0.1) is 0 Å². The number of carbonyl (C=O) groups is 1. The SMILES string of the molecule is Nc1ccc(SCC(=O)NCCC2=CCCCC2)cc1Cl. The molecule has 0 radical (unpaired) electrons. The molecule has 1 aliphatic rings. The molecule has 0 heterocycles. The summed E-state index contributed by atoms with van der Waals surface area (Å²) in [6, 6.07) is 5.44. The molecular formula is C16H21ClN2OS. The van der Waals surface area contributed by atoms with E-state index in [2.05, 4.69) is 11.4 Å².